The van der Waals surface area contributed by atoms with Crippen LogP contribution in [-0.2, 0) is 23.9 Å². The highest BCUT2D eigenvalue weighted by Crippen LogP contribution is 2.67. The van der Waals surface area contributed by atoms with Crippen molar-refractivity contribution in [3.63, 3.8) is 0 Å². The van der Waals surface area contributed by atoms with Gasteiger partial charge >= 0.3 is 5.97 Å². The van der Waals surface area contributed by atoms with Gasteiger partial charge in [0.05, 0.1) is 12.5 Å². The number of rotatable bonds is 9. The highest BCUT2D eigenvalue weighted by molar-refractivity contribution is 5.92. The highest BCUT2D eigenvalue weighted by Gasteiger charge is 2.68. The van der Waals surface area contributed by atoms with Gasteiger partial charge in [0.2, 0.25) is 11.7 Å². The molecule has 1 amide bonds. The molecule has 0 aromatic carbocycles. The maximum atomic E-state index is 13.4. The van der Waals surface area contributed by atoms with E-state index >= 15 is 0 Å². The molecule has 0 bridgehead atoms. The van der Waals surface area contributed by atoms with E-state index in [1.807, 2.05) is 6.92 Å². The Balaban J connectivity index is 1.13. The van der Waals surface area contributed by atoms with Crippen molar-refractivity contribution in [1.82, 2.24) is 15.5 Å². The van der Waals surface area contributed by atoms with E-state index in [2.05, 4.69) is 22.5 Å². The fourth-order valence-electron chi connectivity index (χ4n) is 9.08. The standard InChI is InChI=1S/C31H47N3O7/c1-29-9-7-21(35)17-20(29)3-4-22-23-8-10-31(40,30(23,2)18-24(36)28(22)29)25(37)19-41-27(39)6-5-26(38)33-13-16-34-14-11-32-12-15-34/h17,22-24,28,32,36,40H,3-16,18-19H2,1-2H3,(H,33,38)/t22-,23-,24-,28-,29-,30-,31-/m0/s1. The number of nitrogens with zero attached hydrogens (tertiary/aromatic N) is 1. The molecule has 1 heterocycles. The highest BCUT2D eigenvalue weighted by atomic mass is 16.5. The van der Waals surface area contributed by atoms with Gasteiger partial charge in [-0.15, -0.1) is 0 Å². The van der Waals surface area contributed by atoms with Crippen molar-refractivity contribution >= 4 is 23.4 Å². The van der Waals surface area contributed by atoms with E-state index in [9.17, 15) is 29.4 Å². The summed E-state index contributed by atoms with van der Waals surface area (Å²) in [5.41, 5.74) is -1.62. The fraction of sp³-hybridized carbons (Fsp3) is 0.806. The van der Waals surface area contributed by atoms with Crippen LogP contribution >= 0.6 is 0 Å². The molecule has 10 heteroatoms. The molecule has 0 aromatic heterocycles. The first kappa shape index (κ1) is 30.3. The maximum absolute atomic E-state index is 13.4. The lowest BCUT2D eigenvalue weighted by Crippen LogP contribution is -2.62. The number of fused-ring (bicyclic) bond motifs is 5. The average molecular weight is 574 g/mol. The number of amides is 1. The monoisotopic (exact) mass is 573 g/mol. The molecule has 4 aliphatic carbocycles. The summed E-state index contributed by atoms with van der Waals surface area (Å²) in [6, 6.07) is 0. The molecule has 4 N–H and O–H groups in total. The van der Waals surface area contributed by atoms with Crippen LogP contribution in [0.1, 0.15) is 71.6 Å². The number of carbonyl (C=O) groups is 4. The topological polar surface area (TPSA) is 145 Å². The second-order valence-corrected chi connectivity index (χ2v) is 13.5. The Labute approximate surface area is 242 Å². The zero-order valence-corrected chi connectivity index (χ0v) is 24.6. The number of carbonyl (C=O) groups excluding carboxylic acids is 4. The van der Waals surface area contributed by atoms with Gasteiger partial charge in [-0.25, -0.2) is 0 Å². The van der Waals surface area contributed by atoms with Crippen LogP contribution in [0.15, 0.2) is 11.6 Å². The lowest BCUT2D eigenvalue weighted by Gasteiger charge is -2.60. The number of nitrogens with one attached hydrogen (secondary N) is 2. The minimum atomic E-state index is -1.69. The second-order valence-electron chi connectivity index (χ2n) is 13.5. The average Bonchev–Trinajstić information content (AvgIpc) is 3.22. The van der Waals surface area contributed by atoms with Crippen LogP contribution in [-0.4, -0.2) is 96.1 Å². The van der Waals surface area contributed by atoms with E-state index in [1.54, 1.807) is 6.08 Å². The molecule has 5 rings (SSSR count). The van der Waals surface area contributed by atoms with Crippen molar-refractivity contribution in [3.05, 3.63) is 11.6 Å². The molecule has 41 heavy (non-hydrogen) atoms. The van der Waals surface area contributed by atoms with Crippen molar-refractivity contribution in [2.24, 2.45) is 28.6 Å². The van der Waals surface area contributed by atoms with Gasteiger partial charge in [-0.05, 0) is 67.8 Å². The number of hydrogen-bond acceptors (Lipinski definition) is 9. The van der Waals surface area contributed by atoms with E-state index in [-0.39, 0.29) is 54.1 Å². The molecule has 0 unspecified atom stereocenters. The molecule has 0 aromatic rings. The van der Waals surface area contributed by atoms with Crippen molar-refractivity contribution in [2.75, 3.05) is 45.9 Å². The summed E-state index contributed by atoms with van der Waals surface area (Å²) in [6.45, 7) is 8.59. The van der Waals surface area contributed by atoms with Gasteiger partial charge in [0.25, 0.3) is 0 Å². The van der Waals surface area contributed by atoms with E-state index in [1.165, 1.54) is 0 Å². The predicted octanol–water partition coefficient (Wildman–Crippen LogP) is 1.13. The maximum Gasteiger partial charge on any atom is 0.306 e. The third-order valence-corrected chi connectivity index (χ3v) is 11.4. The SMILES string of the molecule is C[C@]12CCC(=O)C=C1CC[C@@H]1[C@H]2[C@@H](O)C[C@@]2(C)[C@H]1CC[C@]2(O)C(=O)COC(=O)CCC(=O)NCCN1CCNCC1. The Morgan fingerprint density at radius 2 is 1.88 bits per heavy atom. The molecular formula is C31H47N3O7. The Morgan fingerprint density at radius 3 is 2.63 bits per heavy atom. The van der Waals surface area contributed by atoms with Crippen LogP contribution in [0.3, 0.4) is 0 Å². The van der Waals surface area contributed by atoms with Crippen LogP contribution in [0.4, 0.5) is 0 Å². The minimum Gasteiger partial charge on any atom is -0.458 e. The first-order valence-electron chi connectivity index (χ1n) is 15.5. The Morgan fingerprint density at radius 1 is 1.12 bits per heavy atom. The van der Waals surface area contributed by atoms with Crippen molar-refractivity contribution in [2.45, 2.75) is 83.3 Å². The first-order valence-corrected chi connectivity index (χ1v) is 15.5. The van der Waals surface area contributed by atoms with Crippen LogP contribution in [0, 0.1) is 28.6 Å². The van der Waals surface area contributed by atoms with Gasteiger partial charge in [-0.3, -0.25) is 24.1 Å². The number of aliphatic hydroxyl groups is 2. The number of esters is 1. The quantitative estimate of drug-likeness (QED) is 0.298. The van der Waals surface area contributed by atoms with Crippen molar-refractivity contribution in [3.8, 4) is 0 Å². The Bertz CT molecular complexity index is 1090. The molecule has 1 saturated heterocycles. The Kier molecular flexibility index (Phi) is 8.77. The summed E-state index contributed by atoms with van der Waals surface area (Å²) in [5, 5.41) is 29.4. The van der Waals surface area contributed by atoms with Gasteiger partial charge in [-0.1, -0.05) is 19.4 Å². The number of allylic oxidation sites excluding steroid dienone is 1. The lowest BCUT2D eigenvalue weighted by atomic mass is 9.45. The molecule has 1 aliphatic heterocycles. The summed E-state index contributed by atoms with van der Waals surface area (Å²) < 4.78 is 5.24. The van der Waals surface area contributed by atoms with E-state index in [0.717, 1.165) is 57.6 Å². The number of Topliss-reactive ketones (excluding diaryl/α,β-unsaturated/α-hetero) is 1. The summed E-state index contributed by atoms with van der Waals surface area (Å²) >= 11 is 0. The van der Waals surface area contributed by atoms with Crippen LogP contribution < -0.4 is 10.6 Å². The van der Waals surface area contributed by atoms with Crippen molar-refractivity contribution < 1.29 is 34.1 Å². The number of aliphatic hydroxyl groups excluding tert-OH is 1. The minimum absolute atomic E-state index is 0.00744. The van der Waals surface area contributed by atoms with Gasteiger partial charge < -0.3 is 25.6 Å². The molecule has 3 saturated carbocycles. The zero-order chi connectivity index (χ0) is 29.4. The third kappa shape index (κ3) is 5.65. The van der Waals surface area contributed by atoms with Gasteiger partial charge in [-0.2, -0.15) is 0 Å². The first-order chi connectivity index (χ1) is 19.5. The summed E-state index contributed by atoms with van der Waals surface area (Å²) in [7, 11) is 0. The van der Waals surface area contributed by atoms with Gasteiger partial charge in [0, 0.05) is 57.5 Å². The smallest absolute Gasteiger partial charge is 0.306 e. The molecule has 7 atom stereocenters. The van der Waals surface area contributed by atoms with E-state index in [4.69, 9.17) is 4.74 Å². The van der Waals surface area contributed by atoms with Crippen LogP contribution in [0.5, 0.6) is 0 Å². The predicted molar refractivity (Wildman–Crippen MR) is 151 cm³/mol. The molecule has 10 nitrogen and oxygen atoms in total. The number of ether oxygens (including phenoxy) is 1. The van der Waals surface area contributed by atoms with E-state index < -0.39 is 35.5 Å². The van der Waals surface area contributed by atoms with Gasteiger partial charge in [0.15, 0.2) is 12.4 Å². The normalized spacial score (nSPS) is 38.7. The molecular weight excluding hydrogens is 526 g/mol. The van der Waals surface area contributed by atoms with Crippen LogP contribution in [0.25, 0.3) is 0 Å². The van der Waals surface area contributed by atoms with E-state index in [0.29, 0.717) is 25.8 Å². The lowest BCUT2D eigenvalue weighted by molar-refractivity contribution is -0.184. The number of piperazine rings is 1. The molecule has 0 radical (unpaired) electrons. The number of ketones is 2. The summed E-state index contributed by atoms with van der Waals surface area (Å²) in [5.74, 6) is -1.06. The Hall–Kier alpha value is -2.14. The molecule has 4 fully saturated rings. The molecule has 5 aliphatic rings. The second kappa shape index (κ2) is 11.9. The molecule has 228 valence electrons. The van der Waals surface area contributed by atoms with Crippen LogP contribution in [0.2, 0.25) is 0 Å². The summed E-state index contributed by atoms with van der Waals surface area (Å²) in [4.78, 5) is 52.3. The third-order valence-electron chi connectivity index (χ3n) is 11.4. The fourth-order valence-corrected chi connectivity index (χ4v) is 9.08. The molecule has 0 spiro atoms. The zero-order valence-electron chi connectivity index (χ0n) is 24.6. The summed E-state index contributed by atoms with van der Waals surface area (Å²) in [6.07, 6.45) is 5.02. The largest absolute Gasteiger partial charge is 0.458 e. The number of hydrogen-bond donors (Lipinski definition) is 4. The van der Waals surface area contributed by atoms with Crippen molar-refractivity contribution in [1.29, 1.82) is 0 Å². The van der Waals surface area contributed by atoms with Gasteiger partial charge in [0.1, 0.15) is 5.60 Å².